The van der Waals surface area contributed by atoms with Gasteiger partial charge in [0.2, 0.25) is 0 Å². The molecule has 2 fully saturated rings. The monoisotopic (exact) mass is 204 g/mol. The third-order valence-corrected chi connectivity index (χ3v) is 4.06. The summed E-state index contributed by atoms with van der Waals surface area (Å²) in [5.41, 5.74) is -1.58. The van der Waals surface area contributed by atoms with Crippen LogP contribution in [0.15, 0.2) is 0 Å². The summed E-state index contributed by atoms with van der Waals surface area (Å²) in [5, 5.41) is 0. The van der Waals surface area contributed by atoms with Gasteiger partial charge in [0.1, 0.15) is 5.41 Å². The van der Waals surface area contributed by atoms with Crippen molar-refractivity contribution >= 4 is 5.97 Å². The van der Waals surface area contributed by atoms with E-state index in [0.29, 0.717) is 12.8 Å². The minimum Gasteiger partial charge on any atom is -0.468 e. The van der Waals surface area contributed by atoms with Crippen LogP contribution >= 0.6 is 0 Å². The highest BCUT2D eigenvalue weighted by molar-refractivity contribution is 5.79. The first-order valence-electron chi connectivity index (χ1n) is 4.90. The average Bonchev–Trinajstić information content (AvgIpc) is 2.68. The van der Waals surface area contributed by atoms with E-state index in [9.17, 15) is 13.6 Å². The Morgan fingerprint density at radius 3 is 2.36 bits per heavy atom. The zero-order chi connectivity index (χ0) is 10.6. The van der Waals surface area contributed by atoms with E-state index in [1.807, 2.05) is 0 Å². The van der Waals surface area contributed by atoms with Gasteiger partial charge in [-0.25, -0.2) is 8.78 Å². The quantitative estimate of drug-likeness (QED) is 0.612. The van der Waals surface area contributed by atoms with Crippen LogP contribution in [0.1, 0.15) is 26.2 Å². The molecule has 0 aliphatic heterocycles. The molecule has 0 aromatic carbocycles. The fourth-order valence-corrected chi connectivity index (χ4v) is 3.05. The fourth-order valence-electron chi connectivity index (χ4n) is 3.05. The molecule has 0 radical (unpaired) electrons. The van der Waals surface area contributed by atoms with Gasteiger partial charge in [0.25, 0.3) is 5.92 Å². The number of hydrogen-bond donors (Lipinski definition) is 0. The summed E-state index contributed by atoms with van der Waals surface area (Å²) >= 11 is 0. The van der Waals surface area contributed by atoms with Crippen LogP contribution in [0.25, 0.3) is 0 Å². The molecule has 2 aliphatic rings. The predicted octanol–water partition coefficient (Wildman–Crippen LogP) is 2.23. The van der Waals surface area contributed by atoms with Gasteiger partial charge in [0.15, 0.2) is 0 Å². The second-order valence-electron chi connectivity index (χ2n) is 4.52. The molecule has 0 heterocycles. The van der Waals surface area contributed by atoms with Crippen molar-refractivity contribution in [3.63, 3.8) is 0 Å². The number of alkyl halides is 2. The zero-order valence-corrected chi connectivity index (χ0v) is 8.35. The van der Waals surface area contributed by atoms with E-state index in [4.69, 9.17) is 0 Å². The maximum atomic E-state index is 13.8. The van der Waals surface area contributed by atoms with Crippen molar-refractivity contribution in [2.45, 2.75) is 32.1 Å². The average molecular weight is 204 g/mol. The second-order valence-corrected chi connectivity index (χ2v) is 4.52. The summed E-state index contributed by atoms with van der Waals surface area (Å²) in [5.74, 6) is -4.45. The molecule has 2 aliphatic carbocycles. The minimum atomic E-state index is -2.89. The summed E-state index contributed by atoms with van der Waals surface area (Å²) < 4.78 is 32.2. The van der Waals surface area contributed by atoms with E-state index in [0.717, 1.165) is 6.42 Å². The Labute approximate surface area is 81.6 Å². The van der Waals surface area contributed by atoms with Crippen LogP contribution in [0.2, 0.25) is 0 Å². The normalized spacial score (nSPS) is 44.0. The first kappa shape index (κ1) is 9.87. The van der Waals surface area contributed by atoms with Gasteiger partial charge in [0, 0.05) is 5.92 Å². The molecule has 0 amide bonds. The number of carbonyl (C=O) groups is 1. The minimum absolute atomic E-state index is 0.199. The van der Waals surface area contributed by atoms with Crippen LogP contribution in [0, 0.1) is 17.3 Å². The van der Waals surface area contributed by atoms with E-state index in [2.05, 4.69) is 4.74 Å². The lowest BCUT2D eigenvalue weighted by molar-refractivity contribution is -0.192. The summed E-state index contributed by atoms with van der Waals surface area (Å²) in [6.45, 7) is 1.35. The summed E-state index contributed by atoms with van der Waals surface area (Å²) in [6.07, 6.45) is 1.74. The molecule has 2 rings (SSSR count). The van der Waals surface area contributed by atoms with E-state index in [-0.39, 0.29) is 5.92 Å². The van der Waals surface area contributed by atoms with Crippen molar-refractivity contribution in [3.8, 4) is 0 Å². The smallest absolute Gasteiger partial charge is 0.317 e. The van der Waals surface area contributed by atoms with Crippen molar-refractivity contribution in [1.29, 1.82) is 0 Å². The topological polar surface area (TPSA) is 26.3 Å². The van der Waals surface area contributed by atoms with Crippen molar-refractivity contribution in [3.05, 3.63) is 0 Å². The van der Waals surface area contributed by atoms with Crippen LogP contribution < -0.4 is 0 Å². The molecular weight excluding hydrogens is 190 g/mol. The maximum absolute atomic E-state index is 13.8. The largest absolute Gasteiger partial charge is 0.468 e. The Bertz CT molecular complexity index is 277. The summed E-state index contributed by atoms with van der Waals surface area (Å²) in [7, 11) is 1.18. The number of rotatable bonds is 1. The molecule has 0 aromatic rings. The maximum Gasteiger partial charge on any atom is 0.317 e. The van der Waals surface area contributed by atoms with Crippen molar-refractivity contribution in [2.24, 2.45) is 17.3 Å². The number of fused-ring (bicyclic) bond motifs is 2. The first-order valence-corrected chi connectivity index (χ1v) is 4.90. The third-order valence-electron chi connectivity index (χ3n) is 4.06. The van der Waals surface area contributed by atoms with E-state index < -0.39 is 23.2 Å². The molecule has 3 atom stereocenters. The van der Waals surface area contributed by atoms with Gasteiger partial charge in [-0.2, -0.15) is 0 Å². The summed E-state index contributed by atoms with van der Waals surface area (Å²) in [6, 6.07) is 0. The van der Waals surface area contributed by atoms with Gasteiger partial charge >= 0.3 is 5.97 Å². The number of halogens is 2. The molecule has 2 bridgehead atoms. The van der Waals surface area contributed by atoms with Gasteiger partial charge in [-0.05, 0) is 32.1 Å². The third kappa shape index (κ3) is 0.868. The molecule has 14 heavy (non-hydrogen) atoms. The highest BCUT2D eigenvalue weighted by Gasteiger charge is 2.71. The van der Waals surface area contributed by atoms with Crippen molar-refractivity contribution in [2.75, 3.05) is 7.11 Å². The molecule has 0 aromatic heterocycles. The Morgan fingerprint density at radius 1 is 1.36 bits per heavy atom. The van der Waals surface area contributed by atoms with Crippen LogP contribution in [-0.2, 0) is 9.53 Å². The number of ether oxygens (including phenoxy) is 1. The highest BCUT2D eigenvalue weighted by atomic mass is 19.3. The molecule has 0 N–H and O–H groups in total. The zero-order valence-electron chi connectivity index (χ0n) is 8.35. The predicted molar refractivity (Wildman–Crippen MR) is 45.9 cm³/mol. The van der Waals surface area contributed by atoms with Gasteiger partial charge in [0.05, 0.1) is 7.11 Å². The Balaban J connectivity index is 2.39. The van der Waals surface area contributed by atoms with Crippen LogP contribution in [0.5, 0.6) is 0 Å². The first-order chi connectivity index (χ1) is 6.44. The lowest BCUT2D eigenvalue weighted by atomic mass is 9.72. The standard InChI is InChI=1S/C10H14F2O2/c1-9(8(13)14-2)6-3-4-7(5-6)10(9,11)12/h6-7H,3-5H2,1-2H3. The van der Waals surface area contributed by atoms with Gasteiger partial charge in [-0.1, -0.05) is 0 Å². The Kier molecular flexibility index (Phi) is 1.88. The molecule has 3 unspecified atom stereocenters. The Morgan fingerprint density at radius 2 is 1.93 bits per heavy atom. The van der Waals surface area contributed by atoms with Gasteiger partial charge in [-0.15, -0.1) is 0 Å². The molecular formula is C10H14F2O2. The SMILES string of the molecule is COC(=O)C1(C)C2CCC(C2)C1(F)F. The van der Waals surface area contributed by atoms with Crippen LogP contribution in [0.3, 0.4) is 0 Å². The molecule has 2 saturated carbocycles. The van der Waals surface area contributed by atoms with E-state index in [1.165, 1.54) is 14.0 Å². The van der Waals surface area contributed by atoms with Crippen LogP contribution in [-0.4, -0.2) is 19.0 Å². The Hall–Kier alpha value is -0.670. The van der Waals surface area contributed by atoms with Crippen molar-refractivity contribution < 1.29 is 18.3 Å². The molecule has 0 spiro atoms. The van der Waals surface area contributed by atoms with E-state index >= 15 is 0 Å². The molecule has 4 heteroatoms. The van der Waals surface area contributed by atoms with Gasteiger partial charge in [-0.3, -0.25) is 4.79 Å². The number of carbonyl (C=O) groups excluding carboxylic acids is 1. The molecule has 2 nitrogen and oxygen atoms in total. The fraction of sp³-hybridized carbons (Fsp3) is 0.900. The number of esters is 1. The number of methoxy groups -OCH3 is 1. The highest BCUT2D eigenvalue weighted by Crippen LogP contribution is 2.64. The second kappa shape index (κ2) is 2.67. The number of hydrogen-bond acceptors (Lipinski definition) is 2. The van der Waals surface area contributed by atoms with E-state index in [1.54, 1.807) is 0 Å². The summed E-state index contributed by atoms with van der Waals surface area (Å²) in [4.78, 5) is 11.4. The van der Waals surface area contributed by atoms with Gasteiger partial charge < -0.3 is 4.74 Å². The van der Waals surface area contributed by atoms with Crippen molar-refractivity contribution in [1.82, 2.24) is 0 Å². The lowest BCUT2D eigenvalue weighted by Gasteiger charge is -2.37. The van der Waals surface area contributed by atoms with Crippen LogP contribution in [0.4, 0.5) is 8.78 Å². The molecule has 0 saturated heterocycles. The molecule has 80 valence electrons. The lowest BCUT2D eigenvalue weighted by Crippen LogP contribution is -2.50.